The predicted molar refractivity (Wildman–Crippen MR) is 98.9 cm³/mol. The van der Waals surface area contributed by atoms with Crippen LogP contribution in [-0.2, 0) is 24.7 Å². The average molecular weight is 354 g/mol. The lowest BCUT2D eigenvalue weighted by molar-refractivity contribution is -0.127. The van der Waals surface area contributed by atoms with Gasteiger partial charge in [0.2, 0.25) is 5.91 Å². The van der Waals surface area contributed by atoms with Crippen molar-refractivity contribution in [2.45, 2.75) is 51.0 Å². The van der Waals surface area contributed by atoms with Crippen LogP contribution in [-0.4, -0.2) is 49.5 Å². The molecule has 1 saturated heterocycles. The van der Waals surface area contributed by atoms with E-state index < -0.39 is 0 Å². The Hall–Kier alpha value is -2.44. The summed E-state index contributed by atoms with van der Waals surface area (Å²) in [7, 11) is 1.97. The number of aromatic nitrogens is 4. The van der Waals surface area contributed by atoms with Gasteiger partial charge >= 0.3 is 0 Å². The Balaban J connectivity index is 1.62. The van der Waals surface area contributed by atoms with Crippen LogP contribution < -0.4 is 5.32 Å². The maximum Gasteiger partial charge on any atom is 0.219 e. The molecule has 1 N–H and O–H groups in total. The Morgan fingerprint density at radius 1 is 1.15 bits per heavy atom. The van der Waals surface area contributed by atoms with E-state index >= 15 is 0 Å². The lowest BCUT2D eigenvalue weighted by Gasteiger charge is -2.21. The minimum Gasteiger partial charge on any atom is -0.364 e. The van der Waals surface area contributed by atoms with Crippen molar-refractivity contribution in [3.63, 3.8) is 0 Å². The normalized spacial score (nSPS) is 22.8. The second-order valence-corrected chi connectivity index (χ2v) is 7.45. The van der Waals surface area contributed by atoms with Crippen LogP contribution in [0.2, 0.25) is 0 Å². The van der Waals surface area contributed by atoms with Crippen LogP contribution in [0, 0.1) is 0 Å². The van der Waals surface area contributed by atoms with Crippen LogP contribution in [0.4, 0.5) is 5.82 Å². The molecular weight excluding hydrogens is 328 g/mol. The Bertz CT molecular complexity index is 801. The Morgan fingerprint density at radius 2 is 2.00 bits per heavy atom. The zero-order valence-electron chi connectivity index (χ0n) is 15.5. The molecule has 2 aromatic rings. The van der Waals surface area contributed by atoms with Crippen molar-refractivity contribution < 1.29 is 4.79 Å². The van der Waals surface area contributed by atoms with Crippen molar-refractivity contribution >= 4 is 11.7 Å². The monoisotopic (exact) mass is 354 g/mol. The van der Waals surface area contributed by atoms with E-state index in [1.54, 1.807) is 13.3 Å². The van der Waals surface area contributed by atoms with Gasteiger partial charge in [-0.15, -0.1) is 0 Å². The highest BCUT2D eigenvalue weighted by Crippen LogP contribution is 2.31. The van der Waals surface area contributed by atoms with E-state index in [2.05, 4.69) is 20.3 Å². The highest BCUT2D eigenvalue weighted by molar-refractivity contribution is 5.74. The second kappa shape index (κ2) is 7.05. The largest absolute Gasteiger partial charge is 0.364 e. The predicted octanol–water partition coefficient (Wildman–Crippen LogP) is 1.91. The number of rotatable bonds is 3. The van der Waals surface area contributed by atoms with Crippen molar-refractivity contribution in [2.24, 2.45) is 7.05 Å². The van der Waals surface area contributed by atoms with Crippen LogP contribution in [0.5, 0.6) is 0 Å². The first-order valence-corrected chi connectivity index (χ1v) is 9.44. The van der Waals surface area contributed by atoms with Gasteiger partial charge in [-0.25, -0.2) is 15.0 Å². The third-order valence-electron chi connectivity index (χ3n) is 5.57. The van der Waals surface area contributed by atoms with Gasteiger partial charge in [0.25, 0.3) is 0 Å². The molecule has 0 aromatic carbocycles. The van der Waals surface area contributed by atoms with E-state index in [9.17, 15) is 4.79 Å². The minimum absolute atomic E-state index is 0.107. The highest BCUT2D eigenvalue weighted by Gasteiger charge is 2.37. The summed E-state index contributed by atoms with van der Waals surface area (Å²) < 4.78 is 1.96. The van der Waals surface area contributed by atoms with E-state index in [1.165, 1.54) is 30.5 Å². The van der Waals surface area contributed by atoms with Crippen LogP contribution in [0.25, 0.3) is 0 Å². The smallest absolute Gasteiger partial charge is 0.219 e. The number of carbonyl (C=O) groups excluding carboxylic acids is 1. The summed E-state index contributed by atoms with van der Waals surface area (Å²) in [5.74, 6) is 1.21. The zero-order valence-corrected chi connectivity index (χ0v) is 15.5. The van der Waals surface area contributed by atoms with Gasteiger partial charge in [0.15, 0.2) is 0 Å². The molecule has 0 saturated carbocycles. The number of amides is 1. The van der Waals surface area contributed by atoms with E-state index in [1.807, 2.05) is 29.0 Å². The summed E-state index contributed by atoms with van der Waals surface area (Å²) in [6.07, 6.45) is 11.2. The van der Waals surface area contributed by atoms with Crippen LogP contribution >= 0.6 is 0 Å². The maximum atomic E-state index is 12.0. The minimum atomic E-state index is 0.107. The second-order valence-electron chi connectivity index (χ2n) is 7.45. The summed E-state index contributed by atoms with van der Waals surface area (Å²) in [6.45, 7) is 3.00. The SMILES string of the molecule is CC(=O)N1C[C@@H](Nc2ncnc3c2CCCCC3)[C@H](c2cn(C)cn2)C1. The third-order valence-corrected chi connectivity index (χ3v) is 5.57. The lowest BCUT2D eigenvalue weighted by Crippen LogP contribution is -2.31. The molecule has 1 aliphatic carbocycles. The molecule has 2 aromatic heterocycles. The van der Waals surface area contributed by atoms with Crippen LogP contribution in [0.3, 0.4) is 0 Å². The van der Waals surface area contributed by atoms with Crippen molar-refractivity contribution in [3.8, 4) is 0 Å². The summed E-state index contributed by atoms with van der Waals surface area (Å²) in [5, 5.41) is 3.65. The summed E-state index contributed by atoms with van der Waals surface area (Å²) in [6, 6.07) is 0.107. The van der Waals surface area contributed by atoms with E-state index in [0.717, 1.165) is 24.4 Å². The molecular formula is C19H26N6O. The highest BCUT2D eigenvalue weighted by atomic mass is 16.2. The fraction of sp³-hybridized carbons (Fsp3) is 0.579. The number of nitrogens with zero attached hydrogens (tertiary/aromatic N) is 5. The molecule has 26 heavy (non-hydrogen) atoms. The van der Waals surface area contributed by atoms with Crippen LogP contribution in [0.1, 0.15) is 49.1 Å². The number of carbonyl (C=O) groups is 1. The quantitative estimate of drug-likeness (QED) is 0.852. The third kappa shape index (κ3) is 3.30. The number of fused-ring (bicyclic) bond motifs is 1. The number of hydrogen-bond acceptors (Lipinski definition) is 5. The molecule has 4 rings (SSSR count). The van der Waals surface area contributed by atoms with E-state index in [0.29, 0.717) is 13.1 Å². The molecule has 7 heteroatoms. The van der Waals surface area contributed by atoms with Gasteiger partial charge in [0.05, 0.1) is 18.1 Å². The standard InChI is InChI=1S/C19H26N6O/c1-13(26)25-8-15(17-9-24(2)12-22-17)18(10-25)23-19-14-6-4-3-5-7-16(14)20-11-21-19/h9,11-12,15,18H,3-8,10H2,1-2H3,(H,20,21,23)/t15-,18+/m0/s1. The van der Waals surface area contributed by atoms with E-state index in [4.69, 9.17) is 0 Å². The summed E-state index contributed by atoms with van der Waals surface area (Å²) >= 11 is 0. The Labute approximate surface area is 153 Å². The molecule has 2 atom stereocenters. The van der Waals surface area contributed by atoms with Crippen molar-refractivity contribution in [3.05, 3.63) is 35.8 Å². The molecule has 7 nitrogen and oxygen atoms in total. The number of anilines is 1. The van der Waals surface area contributed by atoms with Gasteiger partial charge in [0.1, 0.15) is 12.1 Å². The first-order valence-electron chi connectivity index (χ1n) is 9.44. The van der Waals surface area contributed by atoms with Gasteiger partial charge in [-0.1, -0.05) is 6.42 Å². The Kier molecular flexibility index (Phi) is 4.61. The molecule has 0 radical (unpaired) electrons. The van der Waals surface area contributed by atoms with Crippen LogP contribution in [0.15, 0.2) is 18.9 Å². The Morgan fingerprint density at radius 3 is 2.77 bits per heavy atom. The molecule has 0 unspecified atom stereocenters. The summed E-state index contributed by atoms with van der Waals surface area (Å²) in [5.41, 5.74) is 3.45. The first kappa shape index (κ1) is 17.0. The topological polar surface area (TPSA) is 75.9 Å². The maximum absolute atomic E-state index is 12.0. The average Bonchev–Trinajstić information content (AvgIpc) is 3.14. The van der Waals surface area contributed by atoms with E-state index in [-0.39, 0.29) is 17.9 Å². The number of hydrogen-bond donors (Lipinski definition) is 1. The number of imidazole rings is 1. The first-order chi connectivity index (χ1) is 12.6. The van der Waals surface area contributed by atoms with Gasteiger partial charge in [-0.2, -0.15) is 0 Å². The zero-order chi connectivity index (χ0) is 18.1. The number of likely N-dealkylation sites (tertiary alicyclic amines) is 1. The molecule has 3 heterocycles. The molecule has 138 valence electrons. The molecule has 0 spiro atoms. The van der Waals surface area contributed by atoms with Gasteiger partial charge in [-0.3, -0.25) is 4.79 Å². The van der Waals surface area contributed by atoms with Gasteiger partial charge < -0.3 is 14.8 Å². The molecule has 2 aliphatic rings. The number of aryl methyl sites for hydroxylation is 2. The van der Waals surface area contributed by atoms with Crippen molar-refractivity contribution in [1.29, 1.82) is 0 Å². The molecule has 1 fully saturated rings. The van der Waals surface area contributed by atoms with Crippen molar-refractivity contribution in [2.75, 3.05) is 18.4 Å². The molecule has 1 amide bonds. The fourth-order valence-corrected chi connectivity index (χ4v) is 4.13. The van der Waals surface area contributed by atoms with Gasteiger partial charge in [-0.05, 0) is 25.7 Å². The fourth-order valence-electron chi connectivity index (χ4n) is 4.13. The van der Waals surface area contributed by atoms with Gasteiger partial charge in [0, 0.05) is 50.4 Å². The summed E-state index contributed by atoms with van der Waals surface area (Å²) in [4.78, 5) is 27.4. The van der Waals surface area contributed by atoms with Crippen molar-refractivity contribution in [1.82, 2.24) is 24.4 Å². The molecule has 0 bridgehead atoms. The number of nitrogens with one attached hydrogen (secondary N) is 1. The lowest BCUT2D eigenvalue weighted by atomic mass is 9.99. The molecule has 1 aliphatic heterocycles.